The van der Waals surface area contributed by atoms with Gasteiger partial charge in [0.15, 0.2) is 0 Å². The standard InChI is InChI=1S/C33H24N2O4/c1-21-15-16-22-9-6-8-14-26(22)29(21)20-39-30-18-17-23-10-5-7-13-25(23)27(30)19-28-31(36)34-33(38)35(32(28)37)24-11-3-2-4-12-24/h2-19H,20H2,1H3,(H,34,36,38)/b28-19+. The van der Waals surface area contributed by atoms with Crippen molar-refractivity contribution in [3.8, 4) is 5.75 Å². The maximum absolute atomic E-state index is 13.5. The number of nitrogens with one attached hydrogen (secondary N) is 1. The Labute approximate surface area is 225 Å². The second-order valence-electron chi connectivity index (χ2n) is 9.36. The molecule has 0 aliphatic carbocycles. The van der Waals surface area contributed by atoms with E-state index < -0.39 is 17.8 Å². The first-order chi connectivity index (χ1) is 19.0. The molecular weight excluding hydrogens is 488 g/mol. The van der Waals surface area contributed by atoms with Crippen molar-refractivity contribution >= 4 is 51.2 Å². The molecule has 1 N–H and O–H groups in total. The zero-order valence-electron chi connectivity index (χ0n) is 21.2. The maximum atomic E-state index is 13.5. The van der Waals surface area contributed by atoms with Crippen molar-refractivity contribution in [3.05, 3.63) is 125 Å². The Morgan fingerprint density at radius 2 is 1.38 bits per heavy atom. The number of para-hydroxylation sites is 1. The number of carbonyl (C=O) groups excluding carboxylic acids is 3. The lowest BCUT2D eigenvalue weighted by atomic mass is 9.99. The van der Waals surface area contributed by atoms with Crippen LogP contribution in [0.2, 0.25) is 0 Å². The van der Waals surface area contributed by atoms with Crippen molar-refractivity contribution in [2.75, 3.05) is 4.90 Å². The zero-order valence-corrected chi connectivity index (χ0v) is 21.2. The summed E-state index contributed by atoms with van der Waals surface area (Å²) >= 11 is 0. The van der Waals surface area contributed by atoms with Crippen LogP contribution in [-0.2, 0) is 16.2 Å². The molecule has 0 atom stereocenters. The van der Waals surface area contributed by atoms with Crippen molar-refractivity contribution < 1.29 is 19.1 Å². The summed E-state index contributed by atoms with van der Waals surface area (Å²) in [5.74, 6) is -0.919. The molecule has 39 heavy (non-hydrogen) atoms. The number of ether oxygens (including phenoxy) is 1. The Morgan fingerprint density at radius 3 is 2.15 bits per heavy atom. The molecule has 0 spiro atoms. The Hall–Kier alpha value is -5.23. The number of hydrogen-bond donors (Lipinski definition) is 1. The lowest BCUT2D eigenvalue weighted by Gasteiger charge is -2.26. The van der Waals surface area contributed by atoms with E-state index in [-0.39, 0.29) is 5.57 Å². The number of urea groups is 1. The number of carbonyl (C=O) groups is 3. The van der Waals surface area contributed by atoms with Gasteiger partial charge in [-0.3, -0.25) is 14.9 Å². The minimum Gasteiger partial charge on any atom is -0.488 e. The first kappa shape index (κ1) is 24.1. The third kappa shape index (κ3) is 4.42. The number of nitrogens with zero attached hydrogens (tertiary/aromatic N) is 1. The van der Waals surface area contributed by atoms with Crippen molar-refractivity contribution in [2.24, 2.45) is 0 Å². The van der Waals surface area contributed by atoms with Gasteiger partial charge in [-0.25, -0.2) is 9.69 Å². The van der Waals surface area contributed by atoms with Crippen LogP contribution in [0.15, 0.2) is 109 Å². The summed E-state index contributed by atoms with van der Waals surface area (Å²) in [5, 5.41) is 6.28. The van der Waals surface area contributed by atoms with E-state index in [2.05, 4.69) is 36.5 Å². The van der Waals surface area contributed by atoms with Crippen molar-refractivity contribution in [3.63, 3.8) is 0 Å². The predicted octanol–water partition coefficient (Wildman–Crippen LogP) is 6.55. The molecule has 1 saturated heterocycles. The highest BCUT2D eigenvalue weighted by Crippen LogP contribution is 2.33. The van der Waals surface area contributed by atoms with E-state index in [0.29, 0.717) is 23.6 Å². The molecule has 1 aliphatic rings. The number of benzene rings is 5. The maximum Gasteiger partial charge on any atom is 0.335 e. The van der Waals surface area contributed by atoms with Crippen molar-refractivity contribution in [1.29, 1.82) is 0 Å². The fourth-order valence-electron chi connectivity index (χ4n) is 4.95. The summed E-state index contributed by atoms with van der Waals surface area (Å²) in [6.45, 7) is 2.35. The zero-order chi connectivity index (χ0) is 26.9. The van der Waals surface area contributed by atoms with Gasteiger partial charge in [0.1, 0.15) is 17.9 Å². The van der Waals surface area contributed by atoms with Crippen LogP contribution in [0.4, 0.5) is 10.5 Å². The van der Waals surface area contributed by atoms with Gasteiger partial charge in [0.05, 0.1) is 5.69 Å². The van der Waals surface area contributed by atoms with E-state index in [1.807, 2.05) is 48.5 Å². The third-order valence-corrected chi connectivity index (χ3v) is 6.98. The molecule has 0 unspecified atom stereocenters. The largest absolute Gasteiger partial charge is 0.488 e. The van der Waals surface area contributed by atoms with E-state index >= 15 is 0 Å². The topological polar surface area (TPSA) is 75.7 Å². The average molecular weight is 513 g/mol. The van der Waals surface area contributed by atoms with Crippen LogP contribution in [-0.4, -0.2) is 17.8 Å². The first-order valence-electron chi connectivity index (χ1n) is 12.6. The van der Waals surface area contributed by atoms with E-state index in [0.717, 1.165) is 37.6 Å². The predicted molar refractivity (Wildman–Crippen MR) is 152 cm³/mol. The first-order valence-corrected chi connectivity index (χ1v) is 12.6. The molecule has 6 rings (SSSR count). The van der Waals surface area contributed by atoms with Crippen LogP contribution in [0, 0.1) is 6.92 Å². The summed E-state index contributed by atoms with van der Waals surface area (Å²) in [6, 6.07) is 31.5. The van der Waals surface area contributed by atoms with E-state index in [1.165, 1.54) is 6.08 Å². The second-order valence-corrected chi connectivity index (χ2v) is 9.36. The summed E-state index contributed by atoms with van der Waals surface area (Å²) in [6.07, 6.45) is 1.52. The Balaban J connectivity index is 1.44. The normalized spacial score (nSPS) is 14.7. The quantitative estimate of drug-likeness (QED) is 0.214. The highest BCUT2D eigenvalue weighted by atomic mass is 16.5. The highest BCUT2D eigenvalue weighted by molar-refractivity contribution is 6.39. The van der Waals surface area contributed by atoms with Crippen molar-refractivity contribution in [1.82, 2.24) is 5.32 Å². The van der Waals surface area contributed by atoms with Crippen LogP contribution in [0.25, 0.3) is 27.6 Å². The fourth-order valence-corrected chi connectivity index (χ4v) is 4.95. The van der Waals surface area contributed by atoms with Gasteiger partial charge in [-0.2, -0.15) is 0 Å². The minimum absolute atomic E-state index is 0.152. The van der Waals surface area contributed by atoms with Crippen molar-refractivity contribution in [2.45, 2.75) is 13.5 Å². The molecule has 1 fully saturated rings. The van der Waals surface area contributed by atoms with Crippen LogP contribution < -0.4 is 15.0 Å². The van der Waals surface area contributed by atoms with Gasteiger partial charge in [0.25, 0.3) is 11.8 Å². The molecular formula is C33H24N2O4. The van der Waals surface area contributed by atoms with Gasteiger partial charge in [-0.1, -0.05) is 84.9 Å². The monoisotopic (exact) mass is 512 g/mol. The fraction of sp³-hybridized carbons (Fsp3) is 0.0606. The molecule has 4 amide bonds. The van der Waals surface area contributed by atoms with Gasteiger partial charge in [-0.15, -0.1) is 0 Å². The van der Waals surface area contributed by atoms with Crippen LogP contribution >= 0.6 is 0 Å². The summed E-state index contributed by atoms with van der Waals surface area (Å²) in [7, 11) is 0. The highest BCUT2D eigenvalue weighted by Gasteiger charge is 2.37. The number of hydrogen-bond acceptors (Lipinski definition) is 4. The number of aryl methyl sites for hydroxylation is 1. The lowest BCUT2D eigenvalue weighted by molar-refractivity contribution is -0.122. The average Bonchev–Trinajstić information content (AvgIpc) is 2.95. The van der Waals surface area contributed by atoms with E-state index in [9.17, 15) is 14.4 Å². The van der Waals surface area contributed by atoms with Gasteiger partial charge in [-0.05, 0) is 58.3 Å². The van der Waals surface area contributed by atoms with Gasteiger partial charge in [0.2, 0.25) is 0 Å². The van der Waals surface area contributed by atoms with Crippen LogP contribution in [0.5, 0.6) is 5.75 Å². The molecule has 1 heterocycles. The molecule has 190 valence electrons. The number of rotatable bonds is 5. The Bertz CT molecular complexity index is 1810. The van der Waals surface area contributed by atoms with Crippen LogP contribution in [0.1, 0.15) is 16.7 Å². The minimum atomic E-state index is -0.783. The number of imide groups is 2. The summed E-state index contributed by atoms with van der Waals surface area (Å²) < 4.78 is 6.40. The lowest BCUT2D eigenvalue weighted by Crippen LogP contribution is -2.54. The molecule has 0 saturated carbocycles. The Kier molecular flexibility index (Phi) is 6.13. The second kappa shape index (κ2) is 9.91. The van der Waals surface area contributed by atoms with E-state index in [4.69, 9.17) is 4.74 Å². The number of amides is 4. The van der Waals surface area contributed by atoms with E-state index in [1.54, 1.807) is 30.3 Å². The molecule has 6 nitrogen and oxygen atoms in total. The summed E-state index contributed by atoms with van der Waals surface area (Å²) in [5.41, 5.74) is 2.98. The molecule has 0 radical (unpaired) electrons. The molecule has 5 aromatic rings. The van der Waals surface area contributed by atoms with Gasteiger partial charge < -0.3 is 4.74 Å². The third-order valence-electron chi connectivity index (χ3n) is 6.98. The number of barbiturate groups is 1. The Morgan fingerprint density at radius 1 is 0.744 bits per heavy atom. The molecule has 0 aromatic heterocycles. The summed E-state index contributed by atoms with van der Waals surface area (Å²) in [4.78, 5) is 40.0. The molecule has 6 heteroatoms. The molecule has 1 aliphatic heterocycles. The van der Waals surface area contributed by atoms with Crippen LogP contribution in [0.3, 0.4) is 0 Å². The van der Waals surface area contributed by atoms with Gasteiger partial charge in [0, 0.05) is 11.1 Å². The molecule has 5 aromatic carbocycles. The van der Waals surface area contributed by atoms with Gasteiger partial charge >= 0.3 is 6.03 Å². The SMILES string of the molecule is Cc1ccc2ccccc2c1COc1ccc2ccccc2c1/C=C1\C(=O)NC(=O)N(c2ccccc2)C1=O. The number of fused-ring (bicyclic) bond motifs is 2. The smallest absolute Gasteiger partial charge is 0.335 e. The number of anilines is 1. The molecule has 0 bridgehead atoms.